The standard InChI is InChI=1S/C13H16FN3O/c1-2-3-9(7-15)13(18)17-12-5-4-11(14)6-10(12)8-16/h4-6,9H,2-3,7,15H2,1H3,(H,17,18). The molecule has 0 bridgehead atoms. The van der Waals surface area contributed by atoms with Crippen molar-refractivity contribution >= 4 is 11.6 Å². The van der Waals surface area contributed by atoms with Gasteiger partial charge in [-0.3, -0.25) is 4.79 Å². The zero-order chi connectivity index (χ0) is 13.5. The lowest BCUT2D eigenvalue weighted by Crippen LogP contribution is -2.29. The van der Waals surface area contributed by atoms with Crippen molar-refractivity contribution in [2.45, 2.75) is 19.8 Å². The van der Waals surface area contributed by atoms with Crippen LogP contribution in [0, 0.1) is 23.1 Å². The molecular weight excluding hydrogens is 233 g/mol. The van der Waals surface area contributed by atoms with E-state index in [4.69, 9.17) is 11.0 Å². The molecule has 0 aliphatic rings. The molecule has 96 valence electrons. The highest BCUT2D eigenvalue weighted by atomic mass is 19.1. The molecule has 18 heavy (non-hydrogen) atoms. The summed E-state index contributed by atoms with van der Waals surface area (Å²) in [6.45, 7) is 2.22. The number of nitrogens with two attached hydrogens (primary N) is 1. The van der Waals surface area contributed by atoms with Crippen LogP contribution in [-0.4, -0.2) is 12.5 Å². The Morgan fingerprint density at radius 2 is 2.33 bits per heavy atom. The number of anilines is 1. The highest BCUT2D eigenvalue weighted by Crippen LogP contribution is 2.17. The van der Waals surface area contributed by atoms with Crippen LogP contribution in [0.25, 0.3) is 0 Å². The summed E-state index contributed by atoms with van der Waals surface area (Å²) in [6.07, 6.45) is 1.54. The van der Waals surface area contributed by atoms with E-state index in [-0.39, 0.29) is 23.9 Å². The van der Waals surface area contributed by atoms with Crippen molar-refractivity contribution < 1.29 is 9.18 Å². The summed E-state index contributed by atoms with van der Waals surface area (Å²) in [5.41, 5.74) is 5.95. The summed E-state index contributed by atoms with van der Waals surface area (Å²) in [7, 11) is 0. The largest absolute Gasteiger partial charge is 0.330 e. The number of nitrogens with zero attached hydrogens (tertiary/aromatic N) is 1. The van der Waals surface area contributed by atoms with Crippen LogP contribution in [0.2, 0.25) is 0 Å². The van der Waals surface area contributed by atoms with Crippen LogP contribution in [0.15, 0.2) is 18.2 Å². The molecule has 4 nitrogen and oxygen atoms in total. The lowest BCUT2D eigenvalue weighted by atomic mass is 10.0. The Morgan fingerprint density at radius 3 is 2.89 bits per heavy atom. The van der Waals surface area contributed by atoms with Gasteiger partial charge in [-0.05, 0) is 24.6 Å². The molecule has 1 amide bonds. The Labute approximate surface area is 106 Å². The van der Waals surface area contributed by atoms with E-state index in [1.807, 2.05) is 13.0 Å². The minimum absolute atomic E-state index is 0.107. The molecule has 0 saturated heterocycles. The normalized spacial score (nSPS) is 11.7. The van der Waals surface area contributed by atoms with Crippen LogP contribution in [0.3, 0.4) is 0 Å². The van der Waals surface area contributed by atoms with Gasteiger partial charge >= 0.3 is 0 Å². The fourth-order valence-corrected chi connectivity index (χ4v) is 1.66. The van der Waals surface area contributed by atoms with Gasteiger partial charge in [-0.2, -0.15) is 5.26 Å². The first-order valence-electron chi connectivity index (χ1n) is 5.83. The van der Waals surface area contributed by atoms with Crippen molar-refractivity contribution in [3.05, 3.63) is 29.6 Å². The fraction of sp³-hybridized carbons (Fsp3) is 0.385. The smallest absolute Gasteiger partial charge is 0.228 e. The predicted octanol–water partition coefficient (Wildman–Crippen LogP) is 2.01. The van der Waals surface area contributed by atoms with Gasteiger partial charge in [0.1, 0.15) is 11.9 Å². The van der Waals surface area contributed by atoms with Crippen LogP contribution in [0.1, 0.15) is 25.3 Å². The SMILES string of the molecule is CCCC(CN)C(=O)Nc1ccc(F)cc1C#N. The minimum atomic E-state index is -0.506. The molecule has 0 aliphatic carbocycles. The lowest BCUT2D eigenvalue weighted by Gasteiger charge is -2.14. The number of carbonyl (C=O) groups excluding carboxylic acids is 1. The Morgan fingerprint density at radius 1 is 1.61 bits per heavy atom. The number of hydrogen-bond donors (Lipinski definition) is 2. The van der Waals surface area contributed by atoms with Crippen molar-refractivity contribution in [1.29, 1.82) is 5.26 Å². The van der Waals surface area contributed by atoms with E-state index in [0.29, 0.717) is 12.1 Å². The Kier molecular flexibility index (Phi) is 5.28. The van der Waals surface area contributed by atoms with E-state index in [9.17, 15) is 9.18 Å². The summed E-state index contributed by atoms with van der Waals surface area (Å²) in [6, 6.07) is 5.52. The van der Waals surface area contributed by atoms with Crippen molar-refractivity contribution in [2.75, 3.05) is 11.9 Å². The third-order valence-corrected chi connectivity index (χ3v) is 2.65. The number of nitrogens with one attached hydrogen (secondary N) is 1. The second-order valence-corrected chi connectivity index (χ2v) is 4.01. The molecule has 0 aromatic heterocycles. The van der Waals surface area contributed by atoms with E-state index in [2.05, 4.69) is 5.32 Å². The van der Waals surface area contributed by atoms with Gasteiger partial charge in [-0.15, -0.1) is 0 Å². The summed E-state index contributed by atoms with van der Waals surface area (Å²) >= 11 is 0. The van der Waals surface area contributed by atoms with Crippen LogP contribution in [-0.2, 0) is 4.79 Å². The number of rotatable bonds is 5. The number of hydrogen-bond acceptors (Lipinski definition) is 3. The Hall–Kier alpha value is -1.93. The first kappa shape index (κ1) is 14.1. The molecule has 1 atom stereocenters. The molecule has 1 aromatic carbocycles. The van der Waals surface area contributed by atoms with Gasteiger partial charge in [0.15, 0.2) is 0 Å². The predicted molar refractivity (Wildman–Crippen MR) is 67.2 cm³/mol. The topological polar surface area (TPSA) is 78.9 Å². The second kappa shape index (κ2) is 6.72. The zero-order valence-electron chi connectivity index (χ0n) is 10.2. The molecule has 0 aliphatic heterocycles. The van der Waals surface area contributed by atoms with Gasteiger partial charge < -0.3 is 11.1 Å². The van der Waals surface area contributed by atoms with Gasteiger partial charge in [-0.1, -0.05) is 13.3 Å². The first-order chi connectivity index (χ1) is 8.62. The monoisotopic (exact) mass is 249 g/mol. The second-order valence-electron chi connectivity index (χ2n) is 4.01. The van der Waals surface area contributed by atoms with Gasteiger partial charge in [0.2, 0.25) is 5.91 Å². The fourth-order valence-electron chi connectivity index (χ4n) is 1.66. The minimum Gasteiger partial charge on any atom is -0.330 e. The molecule has 0 saturated carbocycles. The van der Waals surface area contributed by atoms with E-state index in [1.54, 1.807) is 0 Å². The number of halogens is 1. The average Bonchev–Trinajstić information content (AvgIpc) is 2.37. The summed E-state index contributed by atoms with van der Waals surface area (Å²) < 4.78 is 12.9. The van der Waals surface area contributed by atoms with E-state index in [0.717, 1.165) is 12.5 Å². The van der Waals surface area contributed by atoms with Crippen LogP contribution in [0.5, 0.6) is 0 Å². The van der Waals surface area contributed by atoms with Crippen LogP contribution >= 0.6 is 0 Å². The van der Waals surface area contributed by atoms with Crippen molar-refractivity contribution in [1.82, 2.24) is 0 Å². The summed E-state index contributed by atoms with van der Waals surface area (Å²) in [4.78, 5) is 11.9. The van der Waals surface area contributed by atoms with E-state index >= 15 is 0 Å². The van der Waals surface area contributed by atoms with Crippen molar-refractivity contribution in [2.24, 2.45) is 11.7 Å². The highest BCUT2D eigenvalue weighted by molar-refractivity contribution is 5.93. The molecule has 1 rings (SSSR count). The van der Waals surface area contributed by atoms with Gasteiger partial charge in [0.05, 0.1) is 17.2 Å². The number of amides is 1. The molecule has 5 heteroatoms. The lowest BCUT2D eigenvalue weighted by molar-refractivity contribution is -0.119. The maximum Gasteiger partial charge on any atom is 0.228 e. The maximum atomic E-state index is 12.9. The molecule has 0 radical (unpaired) electrons. The quantitative estimate of drug-likeness (QED) is 0.837. The number of benzene rings is 1. The summed E-state index contributed by atoms with van der Waals surface area (Å²) in [5, 5.41) is 11.5. The molecule has 3 N–H and O–H groups in total. The van der Waals surface area contributed by atoms with Crippen LogP contribution < -0.4 is 11.1 Å². The Bertz CT molecular complexity index is 468. The zero-order valence-corrected chi connectivity index (χ0v) is 10.2. The van der Waals surface area contributed by atoms with Gasteiger partial charge in [-0.25, -0.2) is 4.39 Å². The molecule has 0 heterocycles. The molecule has 0 spiro atoms. The highest BCUT2D eigenvalue weighted by Gasteiger charge is 2.17. The first-order valence-corrected chi connectivity index (χ1v) is 5.83. The number of carbonyl (C=O) groups is 1. The molecule has 0 fully saturated rings. The van der Waals surface area contributed by atoms with Crippen molar-refractivity contribution in [3.63, 3.8) is 0 Å². The van der Waals surface area contributed by atoms with E-state index in [1.165, 1.54) is 12.1 Å². The maximum absolute atomic E-state index is 12.9. The average molecular weight is 249 g/mol. The summed E-state index contributed by atoms with van der Waals surface area (Å²) in [5.74, 6) is -1.03. The third kappa shape index (κ3) is 3.54. The van der Waals surface area contributed by atoms with Crippen molar-refractivity contribution in [3.8, 4) is 6.07 Å². The molecule has 1 unspecified atom stereocenters. The third-order valence-electron chi connectivity index (χ3n) is 2.65. The molecular formula is C13H16FN3O. The van der Waals surface area contributed by atoms with Crippen LogP contribution in [0.4, 0.5) is 10.1 Å². The Balaban J connectivity index is 2.84. The van der Waals surface area contributed by atoms with Gasteiger partial charge in [0.25, 0.3) is 0 Å². The van der Waals surface area contributed by atoms with E-state index < -0.39 is 5.82 Å². The molecule has 1 aromatic rings. The number of nitriles is 1. The van der Waals surface area contributed by atoms with Gasteiger partial charge in [0, 0.05) is 6.54 Å².